The molecule has 27 heavy (non-hydrogen) atoms. The fourth-order valence-electron chi connectivity index (χ4n) is 2.63. The number of halogens is 1. The molecule has 7 heteroatoms. The molecule has 0 aliphatic carbocycles. The van der Waals surface area contributed by atoms with Gasteiger partial charge < -0.3 is 14.7 Å². The molecule has 6 nitrogen and oxygen atoms in total. The van der Waals surface area contributed by atoms with Crippen LogP contribution in [0.1, 0.15) is 27.9 Å². The summed E-state index contributed by atoms with van der Waals surface area (Å²) in [5.41, 5.74) is 2.51. The van der Waals surface area contributed by atoms with E-state index in [0.29, 0.717) is 5.69 Å². The Labute approximate surface area is 162 Å². The lowest BCUT2D eigenvalue weighted by Crippen LogP contribution is -2.35. The molecule has 0 fully saturated rings. The molecule has 2 aromatic rings. The number of amides is 1. The second kappa shape index (κ2) is 9.06. The van der Waals surface area contributed by atoms with E-state index >= 15 is 0 Å². The van der Waals surface area contributed by atoms with Crippen molar-refractivity contribution in [1.29, 1.82) is 5.26 Å². The van der Waals surface area contributed by atoms with Crippen molar-refractivity contribution in [1.82, 2.24) is 0 Å². The number of benzene rings is 2. The predicted octanol–water partition coefficient (Wildman–Crippen LogP) is 3.77. The highest BCUT2D eigenvalue weighted by molar-refractivity contribution is 6.30. The Kier molecular flexibility index (Phi) is 6.80. The Hall–Kier alpha value is -3.04. The van der Waals surface area contributed by atoms with Crippen molar-refractivity contribution in [2.24, 2.45) is 0 Å². The van der Waals surface area contributed by atoms with Crippen LogP contribution in [0.5, 0.6) is 5.75 Å². The minimum absolute atomic E-state index is 0.0813. The number of esters is 1. The lowest BCUT2D eigenvalue weighted by Gasteiger charge is -2.22. The molecule has 0 atom stereocenters. The van der Waals surface area contributed by atoms with Gasteiger partial charge in [-0.25, -0.2) is 4.79 Å². The highest BCUT2D eigenvalue weighted by Gasteiger charge is 2.20. The minimum Gasteiger partial charge on any atom is -0.507 e. The molecular formula is C20H19ClN2O4. The van der Waals surface area contributed by atoms with Gasteiger partial charge in [-0.15, -0.1) is 0 Å². The zero-order valence-corrected chi connectivity index (χ0v) is 15.8. The molecule has 0 aromatic heterocycles. The average molecular weight is 387 g/mol. The van der Waals surface area contributed by atoms with Gasteiger partial charge in [-0.3, -0.25) is 4.79 Å². The van der Waals surface area contributed by atoms with E-state index in [1.807, 2.05) is 38.1 Å². The smallest absolute Gasteiger partial charge is 0.342 e. The van der Waals surface area contributed by atoms with Crippen molar-refractivity contribution >= 4 is 29.2 Å². The zero-order valence-electron chi connectivity index (χ0n) is 15.0. The van der Waals surface area contributed by atoms with Crippen molar-refractivity contribution in [3.8, 4) is 11.8 Å². The summed E-state index contributed by atoms with van der Waals surface area (Å²) in [5, 5.41) is 18.9. The number of hydrogen-bond donors (Lipinski definition) is 1. The maximum absolute atomic E-state index is 12.6. The third-order valence-electron chi connectivity index (χ3n) is 3.77. The van der Waals surface area contributed by atoms with Crippen LogP contribution in [-0.4, -0.2) is 30.1 Å². The number of phenolic OH excluding ortho intramolecular Hbond substituents is 1. The fourth-order valence-corrected chi connectivity index (χ4v) is 2.79. The molecular weight excluding hydrogens is 368 g/mol. The molecule has 0 aliphatic heterocycles. The lowest BCUT2D eigenvalue weighted by molar-refractivity contribution is -0.121. The number of carbonyl (C=O) groups excluding carboxylic acids is 2. The second-order valence-corrected chi connectivity index (χ2v) is 6.47. The van der Waals surface area contributed by atoms with Crippen molar-refractivity contribution < 1.29 is 19.4 Å². The first kappa shape index (κ1) is 20.3. The third kappa shape index (κ3) is 5.47. The van der Waals surface area contributed by atoms with Crippen molar-refractivity contribution in [2.45, 2.75) is 20.3 Å². The molecule has 0 saturated heterocycles. The van der Waals surface area contributed by atoms with Crippen LogP contribution in [0.15, 0.2) is 36.4 Å². The zero-order chi connectivity index (χ0) is 20.0. The monoisotopic (exact) mass is 386 g/mol. The molecule has 0 spiro atoms. The predicted molar refractivity (Wildman–Crippen MR) is 102 cm³/mol. The van der Waals surface area contributed by atoms with Gasteiger partial charge in [-0.05, 0) is 55.3 Å². The first-order valence-electron chi connectivity index (χ1n) is 8.23. The normalized spacial score (nSPS) is 10.1. The number of phenols is 1. The van der Waals surface area contributed by atoms with Crippen LogP contribution in [0, 0.1) is 25.2 Å². The Bertz CT molecular complexity index is 885. The van der Waals surface area contributed by atoms with Crippen LogP contribution in [0.25, 0.3) is 0 Å². The summed E-state index contributed by atoms with van der Waals surface area (Å²) in [6.07, 6.45) is 0.144. The van der Waals surface area contributed by atoms with E-state index in [0.717, 1.165) is 11.1 Å². The molecule has 0 saturated carbocycles. The van der Waals surface area contributed by atoms with Crippen molar-refractivity contribution in [3.05, 3.63) is 58.1 Å². The van der Waals surface area contributed by atoms with Gasteiger partial charge in [0.25, 0.3) is 5.91 Å². The highest BCUT2D eigenvalue weighted by Crippen LogP contribution is 2.23. The fraction of sp³-hybridized carbons (Fsp3) is 0.250. The summed E-state index contributed by atoms with van der Waals surface area (Å²) in [4.78, 5) is 26.1. The molecule has 2 aromatic carbocycles. The standard InChI is InChI=1S/C20H19ClN2O4/c1-13-8-14(2)10-16(9-13)23(7-3-6-22)19(25)12-27-20(26)17-5-4-15(21)11-18(17)24/h4-5,8-11,24H,3,7,12H2,1-2H3. The second-order valence-electron chi connectivity index (χ2n) is 6.04. The Morgan fingerprint density at radius 1 is 1.19 bits per heavy atom. The van der Waals surface area contributed by atoms with Gasteiger partial charge >= 0.3 is 5.97 Å². The van der Waals surface area contributed by atoms with Crippen molar-refractivity contribution in [3.63, 3.8) is 0 Å². The SMILES string of the molecule is Cc1cc(C)cc(N(CCC#N)C(=O)COC(=O)c2ccc(Cl)cc2O)c1. The minimum atomic E-state index is -0.835. The number of rotatable bonds is 6. The Balaban J connectivity index is 2.13. The highest BCUT2D eigenvalue weighted by atomic mass is 35.5. The third-order valence-corrected chi connectivity index (χ3v) is 4.01. The van der Waals surface area contributed by atoms with Gasteiger partial charge in [0.15, 0.2) is 6.61 Å². The van der Waals surface area contributed by atoms with Gasteiger partial charge in [-0.1, -0.05) is 17.7 Å². The average Bonchev–Trinajstić information content (AvgIpc) is 2.59. The van der Waals surface area contributed by atoms with Crippen LogP contribution >= 0.6 is 11.6 Å². The first-order chi connectivity index (χ1) is 12.8. The molecule has 0 heterocycles. The van der Waals surface area contributed by atoms with Gasteiger partial charge in [0, 0.05) is 17.3 Å². The van der Waals surface area contributed by atoms with E-state index < -0.39 is 18.5 Å². The molecule has 0 aliphatic rings. The molecule has 2 rings (SSSR count). The van der Waals surface area contributed by atoms with Crippen molar-refractivity contribution in [2.75, 3.05) is 18.1 Å². The largest absolute Gasteiger partial charge is 0.507 e. The molecule has 0 bridgehead atoms. The van der Waals surface area contributed by atoms with E-state index in [2.05, 4.69) is 0 Å². The molecule has 1 amide bonds. The summed E-state index contributed by atoms with van der Waals surface area (Å²) in [6, 6.07) is 11.6. The number of nitriles is 1. The van der Waals surface area contributed by atoms with Crippen LogP contribution in [0.4, 0.5) is 5.69 Å². The van der Waals surface area contributed by atoms with E-state index in [9.17, 15) is 14.7 Å². The number of anilines is 1. The number of carbonyl (C=O) groups is 2. The molecule has 140 valence electrons. The van der Waals surface area contributed by atoms with E-state index in [-0.39, 0.29) is 29.3 Å². The van der Waals surface area contributed by atoms with Crippen LogP contribution < -0.4 is 4.90 Å². The summed E-state index contributed by atoms with van der Waals surface area (Å²) in [5.74, 6) is -1.62. The van der Waals surface area contributed by atoms with Gasteiger partial charge in [0.2, 0.25) is 0 Å². The lowest BCUT2D eigenvalue weighted by atomic mass is 10.1. The van der Waals surface area contributed by atoms with Crippen LogP contribution in [0.2, 0.25) is 5.02 Å². The van der Waals surface area contributed by atoms with E-state index in [1.54, 1.807) is 0 Å². The van der Waals surface area contributed by atoms with E-state index in [1.165, 1.54) is 23.1 Å². The number of nitrogens with zero attached hydrogens (tertiary/aromatic N) is 2. The molecule has 1 N–H and O–H groups in total. The number of aromatic hydroxyl groups is 1. The topological polar surface area (TPSA) is 90.6 Å². The van der Waals surface area contributed by atoms with E-state index in [4.69, 9.17) is 21.6 Å². The maximum Gasteiger partial charge on any atom is 0.342 e. The Morgan fingerprint density at radius 3 is 2.44 bits per heavy atom. The quantitative estimate of drug-likeness (QED) is 0.763. The number of hydrogen-bond acceptors (Lipinski definition) is 5. The van der Waals surface area contributed by atoms with Crippen LogP contribution in [-0.2, 0) is 9.53 Å². The summed E-state index contributed by atoms with van der Waals surface area (Å²) >= 11 is 5.73. The Morgan fingerprint density at radius 2 is 1.85 bits per heavy atom. The first-order valence-corrected chi connectivity index (χ1v) is 8.61. The van der Waals surface area contributed by atoms with Crippen LogP contribution in [0.3, 0.4) is 0 Å². The summed E-state index contributed by atoms with van der Waals surface area (Å²) in [6.45, 7) is 3.49. The molecule has 0 unspecified atom stereocenters. The summed E-state index contributed by atoms with van der Waals surface area (Å²) < 4.78 is 5.04. The number of ether oxygens (including phenoxy) is 1. The van der Waals surface area contributed by atoms with Gasteiger partial charge in [0.1, 0.15) is 11.3 Å². The van der Waals surface area contributed by atoms with Gasteiger partial charge in [0.05, 0.1) is 12.5 Å². The maximum atomic E-state index is 12.6. The van der Waals surface area contributed by atoms with Gasteiger partial charge in [-0.2, -0.15) is 5.26 Å². The summed E-state index contributed by atoms with van der Waals surface area (Å²) in [7, 11) is 0. The number of aryl methyl sites for hydroxylation is 2. The molecule has 0 radical (unpaired) electrons.